The first-order valence-electron chi connectivity index (χ1n) is 6.07. The van der Waals surface area contributed by atoms with Crippen molar-refractivity contribution in [1.29, 1.82) is 0 Å². The third-order valence-corrected chi connectivity index (χ3v) is 6.44. The summed E-state index contributed by atoms with van der Waals surface area (Å²) in [4.78, 5) is 5.13. The lowest BCUT2D eigenvalue weighted by atomic mass is 10.2. The van der Waals surface area contributed by atoms with Gasteiger partial charge in [-0.2, -0.15) is 0 Å². The molecular formula is C15H14O2S3. The van der Waals surface area contributed by atoms with Crippen molar-refractivity contribution in [2.24, 2.45) is 0 Å². The van der Waals surface area contributed by atoms with E-state index in [1.54, 1.807) is 36.9 Å². The first-order chi connectivity index (χ1) is 9.71. The van der Waals surface area contributed by atoms with Crippen LogP contribution in [0.4, 0.5) is 0 Å². The number of aryl methyl sites for hydroxylation is 1. The van der Waals surface area contributed by atoms with Gasteiger partial charge in [0.15, 0.2) is 0 Å². The molecule has 0 saturated carbocycles. The maximum Gasteiger partial charge on any atom is 0.130 e. The zero-order valence-electron chi connectivity index (χ0n) is 11.4. The Balaban J connectivity index is 1.98. The highest BCUT2D eigenvalue weighted by atomic mass is 32.1. The summed E-state index contributed by atoms with van der Waals surface area (Å²) >= 11 is 5.27. The van der Waals surface area contributed by atoms with E-state index in [1.165, 1.54) is 25.1 Å². The normalized spacial score (nSPS) is 10.8. The van der Waals surface area contributed by atoms with Gasteiger partial charge in [-0.25, -0.2) is 0 Å². The molecule has 104 valence electrons. The number of hydrogen-bond acceptors (Lipinski definition) is 5. The van der Waals surface area contributed by atoms with Gasteiger partial charge in [0.2, 0.25) is 0 Å². The van der Waals surface area contributed by atoms with Gasteiger partial charge >= 0.3 is 0 Å². The van der Waals surface area contributed by atoms with Gasteiger partial charge in [-0.1, -0.05) is 0 Å². The van der Waals surface area contributed by atoms with Crippen LogP contribution in [-0.4, -0.2) is 14.2 Å². The predicted octanol–water partition coefficient (Wildman–Crippen LogP) is 5.53. The minimum absolute atomic E-state index is 0.926. The molecule has 0 aromatic carbocycles. The van der Waals surface area contributed by atoms with E-state index in [0.717, 1.165) is 11.5 Å². The molecule has 0 fully saturated rings. The van der Waals surface area contributed by atoms with Crippen molar-refractivity contribution in [2.75, 3.05) is 14.2 Å². The van der Waals surface area contributed by atoms with Gasteiger partial charge in [0.05, 0.1) is 14.2 Å². The molecule has 2 nitrogen and oxygen atoms in total. The summed E-state index contributed by atoms with van der Waals surface area (Å²) in [7, 11) is 3.41. The highest BCUT2D eigenvalue weighted by Gasteiger charge is 2.13. The van der Waals surface area contributed by atoms with Gasteiger partial charge in [-0.05, 0) is 30.7 Å². The average molecular weight is 322 g/mol. The van der Waals surface area contributed by atoms with Crippen LogP contribution in [0.5, 0.6) is 11.5 Å². The molecule has 3 rings (SSSR count). The predicted molar refractivity (Wildman–Crippen MR) is 88.8 cm³/mol. The van der Waals surface area contributed by atoms with E-state index in [2.05, 4.69) is 25.1 Å². The fraction of sp³-hybridized carbons (Fsp3) is 0.200. The number of thiophene rings is 3. The largest absolute Gasteiger partial charge is 0.496 e. The molecule has 0 unspecified atom stereocenters. The van der Waals surface area contributed by atoms with E-state index in [1.807, 2.05) is 22.1 Å². The van der Waals surface area contributed by atoms with E-state index in [0.29, 0.717) is 0 Å². The highest BCUT2D eigenvalue weighted by molar-refractivity contribution is 7.26. The van der Waals surface area contributed by atoms with Crippen molar-refractivity contribution in [2.45, 2.75) is 6.92 Å². The smallest absolute Gasteiger partial charge is 0.130 e. The zero-order valence-corrected chi connectivity index (χ0v) is 13.9. The quantitative estimate of drug-likeness (QED) is 0.628. The Hall–Kier alpha value is -1.30. The third kappa shape index (κ3) is 2.49. The van der Waals surface area contributed by atoms with Crippen molar-refractivity contribution >= 4 is 34.0 Å². The first kappa shape index (κ1) is 13.7. The van der Waals surface area contributed by atoms with E-state index in [9.17, 15) is 0 Å². The standard InChI is InChI=1S/C15H14O2S3/c1-9-4-13(12-5-10(16-2)7-18-12)20-15(9)14-6-11(17-3)8-19-14/h4-8H,1-3H3. The molecule has 0 spiro atoms. The lowest BCUT2D eigenvalue weighted by molar-refractivity contribution is 0.417. The number of hydrogen-bond donors (Lipinski definition) is 0. The van der Waals surface area contributed by atoms with Gasteiger partial charge in [-0.3, -0.25) is 0 Å². The van der Waals surface area contributed by atoms with Crippen molar-refractivity contribution in [3.8, 4) is 31.0 Å². The van der Waals surface area contributed by atoms with Gasteiger partial charge < -0.3 is 9.47 Å². The summed E-state index contributed by atoms with van der Waals surface area (Å²) in [6.45, 7) is 2.16. The molecule has 0 radical (unpaired) electrons. The van der Waals surface area contributed by atoms with E-state index >= 15 is 0 Å². The van der Waals surface area contributed by atoms with Crippen LogP contribution in [0.25, 0.3) is 19.5 Å². The SMILES string of the molecule is COc1csc(-c2cc(C)c(-c3cc(OC)cs3)s2)c1. The molecule has 3 heterocycles. The van der Waals surface area contributed by atoms with Crippen molar-refractivity contribution in [3.05, 3.63) is 34.5 Å². The van der Waals surface area contributed by atoms with Crippen LogP contribution >= 0.6 is 34.0 Å². The summed E-state index contributed by atoms with van der Waals surface area (Å²) in [5.74, 6) is 1.85. The minimum atomic E-state index is 0.926. The third-order valence-electron chi connectivity index (χ3n) is 3.01. The number of methoxy groups -OCH3 is 2. The van der Waals surface area contributed by atoms with Crippen LogP contribution in [-0.2, 0) is 0 Å². The van der Waals surface area contributed by atoms with Gasteiger partial charge in [0.1, 0.15) is 11.5 Å². The molecule has 0 bridgehead atoms. The Morgan fingerprint density at radius 2 is 1.40 bits per heavy atom. The van der Waals surface area contributed by atoms with Crippen LogP contribution in [0, 0.1) is 6.92 Å². The monoisotopic (exact) mass is 322 g/mol. The molecule has 3 aromatic heterocycles. The van der Waals surface area contributed by atoms with Crippen molar-refractivity contribution < 1.29 is 9.47 Å². The molecule has 0 atom stereocenters. The summed E-state index contributed by atoms with van der Waals surface area (Å²) in [5.41, 5.74) is 1.31. The molecule has 0 saturated heterocycles. The maximum atomic E-state index is 5.27. The Kier molecular flexibility index (Phi) is 3.83. The fourth-order valence-electron chi connectivity index (χ4n) is 1.95. The zero-order chi connectivity index (χ0) is 14.1. The topological polar surface area (TPSA) is 18.5 Å². The van der Waals surface area contributed by atoms with Crippen molar-refractivity contribution in [3.63, 3.8) is 0 Å². The first-order valence-corrected chi connectivity index (χ1v) is 8.65. The molecule has 0 aliphatic rings. The molecular weight excluding hydrogens is 308 g/mol. The molecule has 0 N–H and O–H groups in total. The second-order valence-electron chi connectivity index (χ2n) is 4.32. The number of rotatable bonds is 4. The van der Waals surface area contributed by atoms with E-state index in [-0.39, 0.29) is 0 Å². The highest BCUT2D eigenvalue weighted by Crippen LogP contribution is 2.43. The Morgan fingerprint density at radius 3 is 2.00 bits per heavy atom. The van der Waals surface area contributed by atoms with Crippen molar-refractivity contribution in [1.82, 2.24) is 0 Å². The minimum Gasteiger partial charge on any atom is -0.496 e. The Labute approximate surface area is 130 Å². The molecule has 0 aliphatic carbocycles. The average Bonchev–Trinajstić information content (AvgIpc) is 3.16. The maximum absolute atomic E-state index is 5.27. The lowest BCUT2D eigenvalue weighted by Gasteiger charge is -1.93. The van der Waals surface area contributed by atoms with Crippen LogP contribution < -0.4 is 9.47 Å². The van der Waals surface area contributed by atoms with Gasteiger partial charge in [-0.15, -0.1) is 34.0 Å². The molecule has 3 aromatic rings. The van der Waals surface area contributed by atoms with Gasteiger partial charge in [0, 0.05) is 30.3 Å². The fourth-order valence-corrected chi connectivity index (χ4v) is 5.11. The molecule has 5 heteroatoms. The summed E-state index contributed by atoms with van der Waals surface area (Å²) < 4.78 is 10.5. The Bertz CT molecular complexity index is 721. The summed E-state index contributed by atoms with van der Waals surface area (Å²) in [6.07, 6.45) is 0. The summed E-state index contributed by atoms with van der Waals surface area (Å²) in [5, 5.41) is 4.08. The molecule has 0 aliphatic heterocycles. The van der Waals surface area contributed by atoms with Crippen LogP contribution in [0.1, 0.15) is 5.56 Å². The van der Waals surface area contributed by atoms with E-state index in [4.69, 9.17) is 9.47 Å². The van der Waals surface area contributed by atoms with Gasteiger partial charge in [0.25, 0.3) is 0 Å². The lowest BCUT2D eigenvalue weighted by Crippen LogP contribution is -1.76. The van der Waals surface area contributed by atoms with Crippen LogP contribution in [0.3, 0.4) is 0 Å². The summed E-state index contributed by atoms with van der Waals surface area (Å²) in [6, 6.07) is 6.44. The second-order valence-corrected chi connectivity index (χ2v) is 7.20. The molecule has 20 heavy (non-hydrogen) atoms. The molecule has 0 amide bonds. The van der Waals surface area contributed by atoms with Crippen LogP contribution in [0.2, 0.25) is 0 Å². The Morgan fingerprint density at radius 1 is 0.800 bits per heavy atom. The number of ether oxygens (including phenoxy) is 2. The second kappa shape index (κ2) is 5.60. The van der Waals surface area contributed by atoms with Crippen LogP contribution in [0.15, 0.2) is 29.0 Å². The van der Waals surface area contributed by atoms with E-state index < -0.39 is 0 Å².